The fraction of sp³-hybridized carbons (Fsp3) is 0.571. The lowest BCUT2D eigenvalue weighted by molar-refractivity contribution is 0.761. The molecule has 0 saturated heterocycles. The highest BCUT2D eigenvalue weighted by Crippen LogP contribution is 2.48. The van der Waals surface area contributed by atoms with Crippen molar-refractivity contribution in [3.8, 4) is 19.5 Å². The molecule has 33 heavy (non-hydrogen) atoms. The molecule has 0 radical (unpaired) electrons. The van der Waals surface area contributed by atoms with E-state index >= 15 is 0 Å². The molecule has 0 aliphatic carbocycles. The number of halogens is 2. The zero-order chi connectivity index (χ0) is 23.8. The lowest BCUT2D eigenvalue weighted by atomic mass is 9.99. The Hall–Kier alpha value is 0.0600. The van der Waals surface area contributed by atoms with Gasteiger partial charge < -0.3 is 0 Å². The first-order valence-electron chi connectivity index (χ1n) is 12.8. The van der Waals surface area contributed by atoms with Gasteiger partial charge in [0.05, 0.1) is 7.57 Å². The van der Waals surface area contributed by atoms with Crippen LogP contribution in [-0.2, 0) is 25.7 Å². The largest absolute Gasteiger partial charge is 0.133 e. The quantitative estimate of drug-likeness (QED) is 0.166. The number of thiophene rings is 3. The first-order valence-corrected chi connectivity index (χ1v) is 16.8. The van der Waals surface area contributed by atoms with Crippen LogP contribution in [0, 0.1) is 0 Å². The molecule has 182 valence electrons. The maximum Gasteiger partial charge on any atom is 0.0740 e. The third kappa shape index (κ3) is 6.84. The van der Waals surface area contributed by atoms with E-state index in [1.54, 1.807) is 22.3 Å². The molecule has 0 aliphatic heterocycles. The molecule has 3 heterocycles. The first-order chi connectivity index (χ1) is 16.0. The molecular formula is C28H38Br2S3. The first kappa shape index (κ1) is 27.6. The van der Waals surface area contributed by atoms with Crippen LogP contribution < -0.4 is 0 Å². The number of hydrogen-bond acceptors (Lipinski definition) is 3. The number of hydrogen-bond donors (Lipinski definition) is 0. The summed E-state index contributed by atoms with van der Waals surface area (Å²) in [5.74, 6) is 0. The third-order valence-corrected chi connectivity index (χ3v) is 11.8. The van der Waals surface area contributed by atoms with Crippen molar-refractivity contribution in [1.82, 2.24) is 0 Å². The fourth-order valence-electron chi connectivity index (χ4n) is 4.36. The van der Waals surface area contributed by atoms with Crippen LogP contribution in [0.2, 0.25) is 0 Å². The fourth-order valence-corrected chi connectivity index (χ4v) is 9.74. The smallest absolute Gasteiger partial charge is 0.0740 e. The predicted octanol–water partition coefficient (Wildman–Crippen LogP) is 12.1. The third-order valence-electron chi connectivity index (χ3n) is 6.31. The number of unbranched alkanes of at least 4 members (excludes halogenated alkanes) is 4. The molecule has 0 atom stereocenters. The van der Waals surface area contributed by atoms with Gasteiger partial charge in [0.15, 0.2) is 0 Å². The molecule has 0 amide bonds. The van der Waals surface area contributed by atoms with E-state index in [0.29, 0.717) is 0 Å². The highest BCUT2D eigenvalue weighted by atomic mass is 79.9. The van der Waals surface area contributed by atoms with Crippen LogP contribution in [0.3, 0.4) is 0 Å². The molecule has 0 saturated carbocycles. The van der Waals surface area contributed by atoms with Gasteiger partial charge >= 0.3 is 0 Å². The predicted molar refractivity (Wildman–Crippen MR) is 161 cm³/mol. The lowest BCUT2D eigenvalue weighted by Gasteiger charge is -2.07. The van der Waals surface area contributed by atoms with Gasteiger partial charge in [0.25, 0.3) is 0 Å². The van der Waals surface area contributed by atoms with Gasteiger partial charge in [-0.3, -0.25) is 0 Å². The summed E-state index contributed by atoms with van der Waals surface area (Å²) in [5.41, 5.74) is 6.37. The summed E-state index contributed by atoms with van der Waals surface area (Å²) < 4.78 is 2.72. The van der Waals surface area contributed by atoms with E-state index in [1.165, 1.54) is 104 Å². The van der Waals surface area contributed by atoms with E-state index in [2.05, 4.69) is 71.7 Å². The summed E-state index contributed by atoms with van der Waals surface area (Å²) >= 11 is 13.8. The Morgan fingerprint density at radius 3 is 1.18 bits per heavy atom. The van der Waals surface area contributed by atoms with Gasteiger partial charge in [-0.1, -0.05) is 53.4 Å². The number of rotatable bonds is 14. The van der Waals surface area contributed by atoms with Gasteiger partial charge in [0.2, 0.25) is 0 Å². The minimum Gasteiger partial charge on any atom is -0.133 e. The van der Waals surface area contributed by atoms with E-state index in [9.17, 15) is 0 Å². The summed E-state index contributed by atoms with van der Waals surface area (Å²) in [4.78, 5) is 5.92. The van der Waals surface area contributed by atoms with Crippen LogP contribution in [-0.4, -0.2) is 0 Å². The normalized spacial score (nSPS) is 11.6. The Morgan fingerprint density at radius 2 is 0.848 bits per heavy atom. The van der Waals surface area contributed by atoms with Crippen molar-refractivity contribution in [2.45, 2.75) is 105 Å². The molecule has 0 N–H and O–H groups in total. The van der Waals surface area contributed by atoms with Crippen molar-refractivity contribution in [3.05, 3.63) is 42.0 Å². The van der Waals surface area contributed by atoms with Crippen LogP contribution in [0.4, 0.5) is 0 Å². The maximum absolute atomic E-state index is 3.94. The topological polar surface area (TPSA) is 0 Å². The minimum absolute atomic E-state index is 1.20. The monoisotopic (exact) mass is 628 g/mol. The van der Waals surface area contributed by atoms with E-state index in [1.807, 2.05) is 34.0 Å². The van der Waals surface area contributed by atoms with E-state index in [-0.39, 0.29) is 0 Å². The molecule has 0 spiro atoms. The SMILES string of the molecule is CCCCc1c(Br)sc(-c2ccc(-c3sc(Br)c(CCCC)c3CCCC)s2)c1CCCC. The van der Waals surface area contributed by atoms with Gasteiger partial charge in [-0.05, 0) is 118 Å². The van der Waals surface area contributed by atoms with Crippen molar-refractivity contribution in [3.63, 3.8) is 0 Å². The molecule has 0 unspecified atom stereocenters. The Morgan fingerprint density at radius 1 is 0.515 bits per heavy atom. The lowest BCUT2D eigenvalue weighted by Crippen LogP contribution is -1.93. The van der Waals surface area contributed by atoms with Crippen molar-refractivity contribution in [2.24, 2.45) is 0 Å². The van der Waals surface area contributed by atoms with Gasteiger partial charge in [-0.2, -0.15) is 0 Å². The van der Waals surface area contributed by atoms with Crippen LogP contribution >= 0.6 is 65.9 Å². The molecular weight excluding hydrogens is 592 g/mol. The van der Waals surface area contributed by atoms with Crippen molar-refractivity contribution in [1.29, 1.82) is 0 Å². The minimum atomic E-state index is 1.20. The molecule has 3 rings (SSSR count). The second-order valence-electron chi connectivity index (χ2n) is 8.90. The Labute approximate surface area is 230 Å². The summed E-state index contributed by atoms with van der Waals surface area (Å²) in [6.45, 7) is 9.20. The zero-order valence-corrected chi connectivity index (χ0v) is 26.2. The van der Waals surface area contributed by atoms with Gasteiger partial charge in [0.1, 0.15) is 0 Å². The Balaban J connectivity index is 2.00. The second kappa shape index (κ2) is 14.0. The molecule has 3 aromatic rings. The standard InChI is InChI=1S/C28H38Br2S3/c1-5-9-13-19-21(15-11-7-3)27(29)32-25(19)23-17-18-24(31-23)26-20(14-10-6-2)22(16-12-8-4)28(30)33-26/h17-18H,5-16H2,1-4H3. The van der Waals surface area contributed by atoms with Crippen molar-refractivity contribution >= 4 is 65.9 Å². The van der Waals surface area contributed by atoms with E-state index < -0.39 is 0 Å². The van der Waals surface area contributed by atoms with Crippen LogP contribution in [0.5, 0.6) is 0 Å². The zero-order valence-electron chi connectivity index (χ0n) is 20.6. The molecule has 0 fully saturated rings. The van der Waals surface area contributed by atoms with Gasteiger partial charge in [-0.15, -0.1) is 34.0 Å². The molecule has 0 aliphatic rings. The van der Waals surface area contributed by atoms with Crippen LogP contribution in [0.1, 0.15) is 101 Å². The van der Waals surface area contributed by atoms with Gasteiger partial charge in [0, 0.05) is 19.5 Å². The summed E-state index contributed by atoms with van der Waals surface area (Å²) in [5, 5.41) is 0. The summed E-state index contributed by atoms with van der Waals surface area (Å²) in [7, 11) is 0. The van der Waals surface area contributed by atoms with Crippen LogP contribution in [0.15, 0.2) is 19.7 Å². The van der Waals surface area contributed by atoms with Crippen LogP contribution in [0.25, 0.3) is 19.5 Å². The molecule has 0 bridgehead atoms. The summed E-state index contributed by atoms with van der Waals surface area (Å²) in [6.07, 6.45) is 14.9. The summed E-state index contributed by atoms with van der Waals surface area (Å²) in [6, 6.07) is 4.78. The van der Waals surface area contributed by atoms with Crippen molar-refractivity contribution < 1.29 is 0 Å². The van der Waals surface area contributed by atoms with E-state index in [4.69, 9.17) is 0 Å². The highest BCUT2D eigenvalue weighted by Gasteiger charge is 2.22. The van der Waals surface area contributed by atoms with E-state index in [0.717, 1.165) is 0 Å². The highest BCUT2D eigenvalue weighted by molar-refractivity contribution is 9.11. The van der Waals surface area contributed by atoms with Gasteiger partial charge in [-0.25, -0.2) is 0 Å². The second-order valence-corrected chi connectivity index (χ2v) is 14.7. The molecule has 0 aromatic carbocycles. The average Bonchev–Trinajstić information content (AvgIpc) is 3.49. The Kier molecular flexibility index (Phi) is 11.7. The molecule has 0 nitrogen and oxygen atoms in total. The maximum atomic E-state index is 3.94. The average molecular weight is 631 g/mol. The molecule has 5 heteroatoms. The molecule has 3 aromatic heterocycles. The van der Waals surface area contributed by atoms with Crippen molar-refractivity contribution in [2.75, 3.05) is 0 Å². The Bertz CT molecular complexity index is 930.